The van der Waals surface area contributed by atoms with Gasteiger partial charge in [-0.2, -0.15) is 0 Å². The first-order valence-electron chi connectivity index (χ1n) is 4.41. The van der Waals surface area contributed by atoms with Crippen molar-refractivity contribution in [3.05, 3.63) is 0 Å². The summed E-state index contributed by atoms with van der Waals surface area (Å²) < 4.78 is 4.51. The fourth-order valence-electron chi connectivity index (χ4n) is 1.27. The van der Waals surface area contributed by atoms with Crippen molar-refractivity contribution in [3.63, 3.8) is 0 Å². The highest BCUT2D eigenvalue weighted by Gasteiger charge is 2.30. The second-order valence-electron chi connectivity index (χ2n) is 3.17. The molecule has 0 atom stereocenters. The van der Waals surface area contributed by atoms with Gasteiger partial charge in [-0.05, 0) is 0 Å². The summed E-state index contributed by atoms with van der Waals surface area (Å²) in [6.07, 6.45) is -0.226. The maximum atomic E-state index is 10.9. The minimum Gasteiger partial charge on any atom is -0.481 e. The van der Waals surface area contributed by atoms with Crippen LogP contribution in [0.1, 0.15) is 6.42 Å². The van der Waals surface area contributed by atoms with E-state index in [9.17, 15) is 9.59 Å². The Hall–Kier alpha value is -1.30. The molecule has 1 rings (SSSR count). The van der Waals surface area contributed by atoms with Gasteiger partial charge in [-0.1, -0.05) is 0 Å². The minimum absolute atomic E-state index is 0.106. The van der Waals surface area contributed by atoms with Crippen LogP contribution in [-0.4, -0.2) is 54.9 Å². The van der Waals surface area contributed by atoms with Crippen LogP contribution in [0.25, 0.3) is 0 Å². The molecule has 1 saturated heterocycles. The number of rotatable bonds is 4. The summed E-state index contributed by atoms with van der Waals surface area (Å²) in [6, 6.07) is 0.202. The molecule has 1 fully saturated rings. The van der Waals surface area contributed by atoms with E-state index in [1.54, 1.807) is 4.90 Å². The predicted molar refractivity (Wildman–Crippen MR) is 48.0 cm³/mol. The molecule has 0 aromatic heterocycles. The number of carboxylic acid groups (broad SMARTS) is 1. The maximum Gasteiger partial charge on any atom is 0.409 e. The Bertz CT molecular complexity index is 225. The van der Waals surface area contributed by atoms with Gasteiger partial charge < -0.3 is 20.1 Å². The number of carbonyl (C=O) groups excluding carboxylic acids is 1. The average molecular weight is 202 g/mol. The lowest BCUT2D eigenvalue weighted by Crippen LogP contribution is -2.60. The molecule has 0 unspecified atom stereocenters. The Balaban J connectivity index is 2.04. The second kappa shape index (κ2) is 4.80. The molecule has 14 heavy (non-hydrogen) atoms. The van der Waals surface area contributed by atoms with Crippen LogP contribution in [0.2, 0.25) is 0 Å². The monoisotopic (exact) mass is 202 g/mol. The number of amides is 1. The van der Waals surface area contributed by atoms with Gasteiger partial charge in [0.05, 0.1) is 13.5 Å². The van der Waals surface area contributed by atoms with Crippen LogP contribution in [-0.2, 0) is 9.53 Å². The summed E-state index contributed by atoms with van der Waals surface area (Å²) in [7, 11) is 1.34. The third kappa shape index (κ3) is 2.88. The van der Waals surface area contributed by atoms with Crippen LogP contribution in [0, 0.1) is 0 Å². The first-order chi connectivity index (χ1) is 6.63. The average Bonchev–Trinajstić information content (AvgIpc) is 2.07. The molecule has 2 N–H and O–H groups in total. The Kier molecular flexibility index (Phi) is 3.70. The molecule has 1 amide bonds. The molecule has 1 aliphatic rings. The van der Waals surface area contributed by atoms with Crippen molar-refractivity contribution in [1.29, 1.82) is 0 Å². The smallest absolute Gasteiger partial charge is 0.409 e. The van der Waals surface area contributed by atoms with Crippen LogP contribution in [0.4, 0.5) is 4.79 Å². The summed E-state index contributed by atoms with van der Waals surface area (Å²) in [5, 5.41) is 11.4. The lowest BCUT2D eigenvalue weighted by atomic mass is 10.1. The van der Waals surface area contributed by atoms with Gasteiger partial charge in [0, 0.05) is 25.7 Å². The Morgan fingerprint density at radius 3 is 2.71 bits per heavy atom. The van der Waals surface area contributed by atoms with Gasteiger partial charge in [-0.3, -0.25) is 4.79 Å². The molecule has 1 heterocycles. The number of nitrogens with zero attached hydrogens (tertiary/aromatic N) is 1. The van der Waals surface area contributed by atoms with Crippen LogP contribution in [0.5, 0.6) is 0 Å². The van der Waals surface area contributed by atoms with Crippen molar-refractivity contribution in [2.45, 2.75) is 12.5 Å². The minimum atomic E-state index is -0.818. The predicted octanol–water partition coefficient (Wildman–Crippen LogP) is -0.499. The number of nitrogens with one attached hydrogen (secondary N) is 1. The fourth-order valence-corrected chi connectivity index (χ4v) is 1.27. The molecule has 80 valence electrons. The molecule has 6 nitrogen and oxygen atoms in total. The van der Waals surface area contributed by atoms with Crippen molar-refractivity contribution in [3.8, 4) is 0 Å². The Morgan fingerprint density at radius 1 is 1.57 bits per heavy atom. The van der Waals surface area contributed by atoms with Gasteiger partial charge in [0.2, 0.25) is 0 Å². The maximum absolute atomic E-state index is 10.9. The molecule has 0 aliphatic carbocycles. The zero-order chi connectivity index (χ0) is 10.6. The number of carbonyl (C=O) groups is 2. The van der Waals surface area contributed by atoms with E-state index in [-0.39, 0.29) is 18.6 Å². The van der Waals surface area contributed by atoms with E-state index < -0.39 is 5.97 Å². The highest BCUT2D eigenvalue weighted by Crippen LogP contribution is 2.08. The van der Waals surface area contributed by atoms with E-state index >= 15 is 0 Å². The van der Waals surface area contributed by atoms with E-state index in [0.29, 0.717) is 19.6 Å². The van der Waals surface area contributed by atoms with E-state index in [1.165, 1.54) is 7.11 Å². The van der Waals surface area contributed by atoms with Crippen molar-refractivity contribution in [2.75, 3.05) is 26.7 Å². The van der Waals surface area contributed by atoms with Gasteiger partial charge in [0.15, 0.2) is 0 Å². The molecule has 0 saturated carbocycles. The van der Waals surface area contributed by atoms with Crippen LogP contribution in [0.15, 0.2) is 0 Å². The summed E-state index contributed by atoms with van der Waals surface area (Å²) in [4.78, 5) is 22.6. The molecule has 0 spiro atoms. The molecule has 0 aromatic carbocycles. The summed E-state index contributed by atoms with van der Waals surface area (Å²) in [6.45, 7) is 1.62. The number of hydrogen-bond acceptors (Lipinski definition) is 4. The van der Waals surface area contributed by atoms with Gasteiger partial charge in [-0.15, -0.1) is 0 Å². The third-order valence-corrected chi connectivity index (χ3v) is 2.09. The highest BCUT2D eigenvalue weighted by atomic mass is 16.5. The van der Waals surface area contributed by atoms with Gasteiger partial charge in [0.25, 0.3) is 0 Å². The van der Waals surface area contributed by atoms with Crippen LogP contribution in [0.3, 0.4) is 0 Å². The summed E-state index contributed by atoms with van der Waals surface area (Å²) in [5.74, 6) is -0.818. The van der Waals surface area contributed by atoms with Gasteiger partial charge in [-0.25, -0.2) is 4.79 Å². The zero-order valence-corrected chi connectivity index (χ0v) is 8.02. The standard InChI is InChI=1S/C8H14N2O4/c1-14-8(13)10-4-6(5-10)9-3-2-7(11)12/h6,9H,2-5H2,1H3,(H,11,12). The Labute approximate surface area is 81.8 Å². The molecule has 0 bridgehead atoms. The number of hydrogen-bond donors (Lipinski definition) is 2. The van der Waals surface area contributed by atoms with Gasteiger partial charge in [0.1, 0.15) is 0 Å². The zero-order valence-electron chi connectivity index (χ0n) is 8.02. The third-order valence-electron chi connectivity index (χ3n) is 2.09. The number of carboxylic acids is 1. The van der Waals surface area contributed by atoms with E-state index in [2.05, 4.69) is 10.1 Å². The van der Waals surface area contributed by atoms with Crippen molar-refractivity contribution in [2.24, 2.45) is 0 Å². The first-order valence-corrected chi connectivity index (χ1v) is 4.41. The molecule has 0 radical (unpaired) electrons. The van der Waals surface area contributed by atoms with Gasteiger partial charge >= 0.3 is 12.1 Å². The van der Waals surface area contributed by atoms with Crippen molar-refractivity contribution in [1.82, 2.24) is 10.2 Å². The molecule has 0 aromatic rings. The number of methoxy groups -OCH3 is 1. The summed E-state index contributed by atoms with van der Waals surface area (Å²) >= 11 is 0. The van der Waals surface area contributed by atoms with Crippen LogP contribution >= 0.6 is 0 Å². The van der Waals surface area contributed by atoms with Crippen molar-refractivity contribution >= 4 is 12.1 Å². The fraction of sp³-hybridized carbons (Fsp3) is 0.750. The molecular weight excluding hydrogens is 188 g/mol. The number of ether oxygens (including phenoxy) is 1. The highest BCUT2D eigenvalue weighted by molar-refractivity contribution is 5.68. The molecule has 1 aliphatic heterocycles. The first kappa shape index (κ1) is 10.8. The number of likely N-dealkylation sites (tertiary alicyclic amines) is 1. The lowest BCUT2D eigenvalue weighted by Gasteiger charge is -2.38. The van der Waals surface area contributed by atoms with E-state index in [4.69, 9.17) is 5.11 Å². The largest absolute Gasteiger partial charge is 0.481 e. The normalized spacial score (nSPS) is 16.2. The summed E-state index contributed by atoms with van der Waals surface area (Å²) in [5.41, 5.74) is 0. The molecular formula is C8H14N2O4. The Morgan fingerprint density at radius 2 is 2.21 bits per heavy atom. The SMILES string of the molecule is COC(=O)N1CC(NCCC(=O)O)C1. The van der Waals surface area contributed by atoms with E-state index in [1.807, 2.05) is 0 Å². The van der Waals surface area contributed by atoms with Crippen molar-refractivity contribution < 1.29 is 19.4 Å². The molecule has 6 heteroatoms. The van der Waals surface area contributed by atoms with E-state index in [0.717, 1.165) is 0 Å². The second-order valence-corrected chi connectivity index (χ2v) is 3.17. The number of aliphatic carboxylic acids is 1. The lowest BCUT2D eigenvalue weighted by molar-refractivity contribution is -0.136. The quantitative estimate of drug-likeness (QED) is 0.642. The topological polar surface area (TPSA) is 78.9 Å². The van der Waals surface area contributed by atoms with Crippen LogP contribution < -0.4 is 5.32 Å².